The van der Waals surface area contributed by atoms with Crippen LogP contribution >= 0.6 is 0 Å². The number of hydrogen-bond donors (Lipinski definition) is 2. The van der Waals surface area contributed by atoms with Crippen LogP contribution in [0.1, 0.15) is 26.2 Å². The minimum Gasteiger partial charge on any atom is -0.387 e. The van der Waals surface area contributed by atoms with Crippen LogP contribution in [0.25, 0.3) is 0 Å². The first-order chi connectivity index (χ1) is 7.70. The first-order valence-corrected chi connectivity index (χ1v) is 7.70. The first kappa shape index (κ1) is 14.9. The third kappa shape index (κ3) is 6.98. The molecule has 1 atom stereocenters. The number of hydrogen-bond acceptors (Lipinski definition) is 4. The van der Waals surface area contributed by atoms with Crippen LogP contribution in [0.15, 0.2) is 0 Å². The highest BCUT2D eigenvalue weighted by atomic mass is 32.2. The summed E-state index contributed by atoms with van der Waals surface area (Å²) in [5.74, 6) is 0.782. The van der Waals surface area contributed by atoms with E-state index in [1.165, 1.54) is 0 Å². The van der Waals surface area contributed by atoms with Crippen molar-refractivity contribution < 1.29 is 13.5 Å². The van der Waals surface area contributed by atoms with Gasteiger partial charge in [0, 0.05) is 13.1 Å². The third-order valence-corrected chi connectivity index (χ3v) is 4.18. The molecule has 0 heterocycles. The Morgan fingerprint density at radius 1 is 1.41 bits per heavy atom. The van der Waals surface area contributed by atoms with Gasteiger partial charge in [0.1, 0.15) is 0 Å². The van der Waals surface area contributed by atoms with Crippen molar-refractivity contribution in [1.82, 2.24) is 9.62 Å². The van der Waals surface area contributed by atoms with Gasteiger partial charge in [0.15, 0.2) is 0 Å². The number of likely N-dealkylation sites (N-methyl/N-ethyl adjacent to an activating group) is 1. The zero-order valence-electron chi connectivity index (χ0n) is 10.9. The molecular weight excluding hydrogens is 240 g/mol. The molecule has 2 N–H and O–H groups in total. The monoisotopic (exact) mass is 264 g/mol. The van der Waals surface area contributed by atoms with E-state index in [9.17, 15) is 13.5 Å². The SMILES string of the molecule is CN(C)CC(C)(O)CNS(=O)(=O)CCC1CC1. The maximum absolute atomic E-state index is 11.7. The molecule has 1 saturated carbocycles. The molecule has 1 fully saturated rings. The first-order valence-electron chi connectivity index (χ1n) is 6.05. The molecule has 0 amide bonds. The van der Waals surface area contributed by atoms with Crippen LogP contribution in [0, 0.1) is 5.92 Å². The summed E-state index contributed by atoms with van der Waals surface area (Å²) >= 11 is 0. The summed E-state index contributed by atoms with van der Waals surface area (Å²) in [5.41, 5.74) is -1.03. The van der Waals surface area contributed by atoms with E-state index in [0.717, 1.165) is 19.3 Å². The van der Waals surface area contributed by atoms with Gasteiger partial charge in [-0.15, -0.1) is 0 Å². The van der Waals surface area contributed by atoms with Crippen molar-refractivity contribution >= 4 is 10.0 Å². The molecule has 6 heteroatoms. The summed E-state index contributed by atoms with van der Waals surface area (Å²) in [6, 6.07) is 0. The minimum atomic E-state index is -3.23. The van der Waals surface area contributed by atoms with Crippen LogP contribution in [0.3, 0.4) is 0 Å². The van der Waals surface area contributed by atoms with Crippen molar-refractivity contribution in [1.29, 1.82) is 0 Å². The van der Waals surface area contributed by atoms with Gasteiger partial charge in [-0.2, -0.15) is 0 Å². The second-order valence-corrected chi connectivity index (χ2v) is 7.53. The quantitative estimate of drug-likeness (QED) is 0.648. The van der Waals surface area contributed by atoms with Gasteiger partial charge in [-0.05, 0) is 33.4 Å². The molecule has 1 aliphatic carbocycles. The maximum Gasteiger partial charge on any atom is 0.211 e. The molecule has 0 spiro atoms. The van der Waals surface area contributed by atoms with E-state index >= 15 is 0 Å². The fourth-order valence-corrected chi connectivity index (χ4v) is 3.12. The lowest BCUT2D eigenvalue weighted by Gasteiger charge is -2.27. The summed E-state index contributed by atoms with van der Waals surface area (Å²) in [6.07, 6.45) is 3.06. The lowest BCUT2D eigenvalue weighted by atomic mass is 10.1. The number of aliphatic hydroxyl groups is 1. The van der Waals surface area contributed by atoms with Crippen molar-refractivity contribution in [3.8, 4) is 0 Å². The smallest absolute Gasteiger partial charge is 0.211 e. The molecule has 0 radical (unpaired) electrons. The Hall–Kier alpha value is -0.170. The number of nitrogens with zero attached hydrogens (tertiary/aromatic N) is 1. The van der Waals surface area contributed by atoms with Gasteiger partial charge in [0.05, 0.1) is 11.4 Å². The molecule has 1 rings (SSSR count). The molecule has 1 aliphatic rings. The molecule has 1 unspecified atom stereocenters. The molecule has 0 saturated heterocycles. The third-order valence-electron chi connectivity index (χ3n) is 2.82. The summed E-state index contributed by atoms with van der Waals surface area (Å²) < 4.78 is 25.8. The van der Waals surface area contributed by atoms with Gasteiger partial charge >= 0.3 is 0 Å². The lowest BCUT2D eigenvalue weighted by molar-refractivity contribution is 0.0386. The number of sulfonamides is 1. The molecule has 0 aromatic carbocycles. The number of nitrogens with one attached hydrogen (secondary N) is 1. The Bertz CT molecular complexity index is 335. The second-order valence-electron chi connectivity index (χ2n) is 5.61. The van der Waals surface area contributed by atoms with Crippen LogP contribution in [-0.4, -0.2) is 57.0 Å². The topological polar surface area (TPSA) is 69.6 Å². The van der Waals surface area contributed by atoms with E-state index in [1.54, 1.807) is 6.92 Å². The largest absolute Gasteiger partial charge is 0.387 e. The summed E-state index contributed by atoms with van der Waals surface area (Å²) in [6.45, 7) is 2.13. The standard InChI is InChI=1S/C11H24N2O3S/c1-11(14,9-13(2)3)8-12-17(15,16)7-6-10-4-5-10/h10,12,14H,4-9H2,1-3H3. The average molecular weight is 264 g/mol. The van der Waals surface area contributed by atoms with E-state index in [-0.39, 0.29) is 12.3 Å². The van der Waals surface area contributed by atoms with Crippen LogP contribution in [0.4, 0.5) is 0 Å². The predicted octanol–water partition coefficient (Wildman–Crippen LogP) is 0.0185. The van der Waals surface area contributed by atoms with Crippen LogP contribution in [-0.2, 0) is 10.0 Å². The number of rotatable bonds is 8. The molecule has 0 aromatic rings. The van der Waals surface area contributed by atoms with Crippen molar-refractivity contribution in [2.24, 2.45) is 5.92 Å². The van der Waals surface area contributed by atoms with E-state index in [0.29, 0.717) is 12.5 Å². The van der Waals surface area contributed by atoms with Gasteiger partial charge in [0.25, 0.3) is 0 Å². The van der Waals surface area contributed by atoms with E-state index in [4.69, 9.17) is 0 Å². The van der Waals surface area contributed by atoms with Gasteiger partial charge in [0.2, 0.25) is 10.0 Å². The normalized spacial score (nSPS) is 20.5. The summed E-state index contributed by atoms with van der Waals surface area (Å²) in [5, 5.41) is 9.97. The molecule has 102 valence electrons. The van der Waals surface area contributed by atoms with Gasteiger partial charge in [-0.25, -0.2) is 13.1 Å². The second kappa shape index (κ2) is 5.65. The van der Waals surface area contributed by atoms with Gasteiger partial charge < -0.3 is 10.0 Å². The fraction of sp³-hybridized carbons (Fsp3) is 1.00. The maximum atomic E-state index is 11.7. The van der Waals surface area contributed by atoms with Crippen molar-refractivity contribution in [3.63, 3.8) is 0 Å². The highest BCUT2D eigenvalue weighted by Crippen LogP contribution is 2.32. The molecular formula is C11H24N2O3S. The van der Waals surface area contributed by atoms with Crippen LogP contribution in [0.5, 0.6) is 0 Å². The predicted molar refractivity (Wildman–Crippen MR) is 68.3 cm³/mol. The van der Waals surface area contributed by atoms with Gasteiger partial charge in [-0.1, -0.05) is 12.8 Å². The Morgan fingerprint density at radius 3 is 2.47 bits per heavy atom. The highest BCUT2D eigenvalue weighted by Gasteiger charge is 2.26. The molecule has 17 heavy (non-hydrogen) atoms. The van der Waals surface area contributed by atoms with E-state index < -0.39 is 15.6 Å². The van der Waals surface area contributed by atoms with Crippen LogP contribution < -0.4 is 4.72 Å². The summed E-state index contributed by atoms with van der Waals surface area (Å²) in [7, 11) is 0.452. The molecule has 0 aliphatic heterocycles. The molecule has 0 bridgehead atoms. The van der Waals surface area contributed by atoms with Crippen molar-refractivity contribution in [2.45, 2.75) is 31.8 Å². The average Bonchev–Trinajstić information content (AvgIpc) is 2.94. The minimum absolute atomic E-state index is 0.0676. The van der Waals surface area contributed by atoms with E-state index in [1.807, 2.05) is 19.0 Å². The molecule has 5 nitrogen and oxygen atoms in total. The Labute approximate surface area is 104 Å². The van der Waals surface area contributed by atoms with Crippen LogP contribution in [0.2, 0.25) is 0 Å². The van der Waals surface area contributed by atoms with E-state index in [2.05, 4.69) is 4.72 Å². The Kier molecular flexibility index (Phi) is 4.95. The fourth-order valence-electron chi connectivity index (χ4n) is 1.80. The highest BCUT2D eigenvalue weighted by molar-refractivity contribution is 7.89. The zero-order valence-corrected chi connectivity index (χ0v) is 11.8. The summed E-state index contributed by atoms with van der Waals surface area (Å²) in [4.78, 5) is 1.83. The Morgan fingerprint density at radius 2 is 2.00 bits per heavy atom. The zero-order chi connectivity index (χ0) is 13.1. The van der Waals surface area contributed by atoms with Crippen molar-refractivity contribution in [3.05, 3.63) is 0 Å². The lowest BCUT2D eigenvalue weighted by Crippen LogP contribution is -2.47. The van der Waals surface area contributed by atoms with Crippen molar-refractivity contribution in [2.75, 3.05) is 32.9 Å². The Balaban J connectivity index is 2.31. The van der Waals surface area contributed by atoms with Gasteiger partial charge in [-0.3, -0.25) is 0 Å². The molecule has 0 aromatic heterocycles.